The van der Waals surface area contributed by atoms with Crippen molar-refractivity contribution in [1.29, 1.82) is 0 Å². The maximum atomic E-state index is 8.79. The Balaban J connectivity index is 3.10. The molecule has 1 aromatic heterocycles. The van der Waals surface area contributed by atoms with E-state index in [2.05, 4.69) is 11.7 Å². The van der Waals surface area contributed by atoms with Crippen LogP contribution >= 0.6 is 0 Å². The summed E-state index contributed by atoms with van der Waals surface area (Å²) in [5, 5.41) is 12.5. The summed E-state index contributed by atoms with van der Waals surface area (Å²) in [6.45, 7) is 7.26. The first-order chi connectivity index (χ1) is 5.16. The number of nitrogens with zero attached hydrogens (tertiary/aromatic N) is 1. The quantitative estimate of drug-likeness (QED) is 0.696. The molecule has 1 aromatic rings. The largest absolute Gasteiger partial charge is 0.392 e. The predicted molar refractivity (Wildman–Crippen MR) is 42.1 cm³/mol. The fourth-order valence-corrected chi connectivity index (χ4v) is 1.07. The van der Waals surface area contributed by atoms with Gasteiger partial charge in [0.2, 0.25) is 0 Å². The summed E-state index contributed by atoms with van der Waals surface area (Å²) in [6.07, 6.45) is 0. The first-order valence-corrected chi connectivity index (χ1v) is 3.38. The molecule has 11 heavy (non-hydrogen) atoms. The van der Waals surface area contributed by atoms with Crippen molar-refractivity contribution in [2.75, 3.05) is 6.61 Å². The Bertz CT molecular complexity index is 256. The molecular weight excluding hydrogens is 142 g/mol. The van der Waals surface area contributed by atoms with Gasteiger partial charge in [0.25, 0.3) is 0 Å². The van der Waals surface area contributed by atoms with Crippen molar-refractivity contribution in [2.24, 2.45) is 0 Å². The van der Waals surface area contributed by atoms with Crippen molar-refractivity contribution < 1.29 is 9.63 Å². The highest BCUT2D eigenvalue weighted by Crippen LogP contribution is 2.19. The molecule has 0 saturated carbocycles. The number of aromatic nitrogens is 1. The molecule has 0 amide bonds. The van der Waals surface area contributed by atoms with Crippen LogP contribution in [0.25, 0.3) is 5.57 Å². The molecular formula is C8H11NO2. The van der Waals surface area contributed by atoms with Crippen LogP contribution in [0.5, 0.6) is 0 Å². The van der Waals surface area contributed by atoms with Crippen LogP contribution in [-0.2, 0) is 0 Å². The van der Waals surface area contributed by atoms with E-state index in [9.17, 15) is 0 Å². The number of rotatable bonds is 2. The van der Waals surface area contributed by atoms with Crippen molar-refractivity contribution >= 4 is 5.57 Å². The average Bonchev–Trinajstić information content (AvgIpc) is 2.30. The Morgan fingerprint density at radius 2 is 2.27 bits per heavy atom. The van der Waals surface area contributed by atoms with Gasteiger partial charge in [-0.15, -0.1) is 0 Å². The van der Waals surface area contributed by atoms with Gasteiger partial charge in [0.1, 0.15) is 5.76 Å². The van der Waals surface area contributed by atoms with Crippen molar-refractivity contribution in [3.8, 4) is 0 Å². The molecule has 0 unspecified atom stereocenters. The highest BCUT2D eigenvalue weighted by Gasteiger charge is 2.10. The number of hydrogen-bond donors (Lipinski definition) is 1. The topological polar surface area (TPSA) is 46.3 Å². The zero-order valence-electron chi connectivity index (χ0n) is 6.72. The lowest BCUT2D eigenvalue weighted by atomic mass is 10.1. The van der Waals surface area contributed by atoms with E-state index in [4.69, 9.17) is 9.63 Å². The molecule has 3 heteroatoms. The lowest BCUT2D eigenvalue weighted by molar-refractivity contribution is 0.350. The molecule has 3 nitrogen and oxygen atoms in total. The minimum atomic E-state index is -0.0527. The van der Waals surface area contributed by atoms with Crippen LogP contribution in [-0.4, -0.2) is 16.9 Å². The number of hydrogen-bond acceptors (Lipinski definition) is 3. The number of aliphatic hydroxyl groups is 1. The summed E-state index contributed by atoms with van der Waals surface area (Å²) in [5.74, 6) is 0.710. The van der Waals surface area contributed by atoms with E-state index in [1.165, 1.54) is 0 Å². The molecule has 0 atom stereocenters. The summed E-state index contributed by atoms with van der Waals surface area (Å²) in [5.41, 5.74) is 2.27. The van der Waals surface area contributed by atoms with Crippen LogP contribution in [0.3, 0.4) is 0 Å². The third-order valence-corrected chi connectivity index (χ3v) is 1.58. The molecule has 0 bridgehead atoms. The van der Waals surface area contributed by atoms with Gasteiger partial charge in [-0.05, 0) is 19.4 Å². The Hall–Kier alpha value is -1.09. The van der Waals surface area contributed by atoms with E-state index in [0.717, 1.165) is 11.3 Å². The van der Waals surface area contributed by atoms with E-state index in [1.807, 2.05) is 6.92 Å². The lowest BCUT2D eigenvalue weighted by Crippen LogP contribution is -1.90. The fourth-order valence-electron chi connectivity index (χ4n) is 1.07. The van der Waals surface area contributed by atoms with Crippen molar-refractivity contribution in [1.82, 2.24) is 5.16 Å². The first-order valence-electron chi connectivity index (χ1n) is 3.38. The maximum absolute atomic E-state index is 8.79. The number of aliphatic hydroxyl groups excluding tert-OH is 1. The molecule has 0 aliphatic carbocycles. The second-order valence-electron chi connectivity index (χ2n) is 2.46. The number of aryl methyl sites for hydroxylation is 2. The zero-order valence-corrected chi connectivity index (χ0v) is 6.72. The van der Waals surface area contributed by atoms with Gasteiger partial charge in [-0.25, -0.2) is 0 Å². The molecule has 0 fully saturated rings. The van der Waals surface area contributed by atoms with E-state index >= 15 is 0 Å². The monoisotopic (exact) mass is 153 g/mol. The van der Waals surface area contributed by atoms with Crippen LogP contribution in [0.1, 0.15) is 17.0 Å². The highest BCUT2D eigenvalue weighted by atomic mass is 16.5. The minimum Gasteiger partial charge on any atom is -0.392 e. The minimum absolute atomic E-state index is 0.0527. The van der Waals surface area contributed by atoms with Crippen LogP contribution in [0.2, 0.25) is 0 Å². The molecule has 1 heterocycles. The van der Waals surface area contributed by atoms with Gasteiger partial charge >= 0.3 is 0 Å². The Morgan fingerprint density at radius 1 is 1.64 bits per heavy atom. The fraction of sp³-hybridized carbons (Fsp3) is 0.375. The molecule has 0 saturated heterocycles. The second kappa shape index (κ2) is 2.88. The van der Waals surface area contributed by atoms with Gasteiger partial charge in [-0.3, -0.25) is 0 Å². The third-order valence-electron chi connectivity index (χ3n) is 1.58. The second-order valence-corrected chi connectivity index (χ2v) is 2.46. The SMILES string of the molecule is C=C(CO)c1c(C)noc1C. The van der Waals surface area contributed by atoms with Gasteiger partial charge in [0.05, 0.1) is 12.3 Å². The van der Waals surface area contributed by atoms with Gasteiger partial charge in [-0.1, -0.05) is 11.7 Å². The summed E-state index contributed by atoms with van der Waals surface area (Å²) < 4.78 is 4.90. The van der Waals surface area contributed by atoms with E-state index in [-0.39, 0.29) is 6.61 Å². The first kappa shape index (κ1) is 8.01. The van der Waals surface area contributed by atoms with Crippen molar-refractivity contribution in [3.05, 3.63) is 23.6 Å². The highest BCUT2D eigenvalue weighted by molar-refractivity contribution is 5.66. The third kappa shape index (κ3) is 1.33. The van der Waals surface area contributed by atoms with Crippen LogP contribution < -0.4 is 0 Å². The van der Waals surface area contributed by atoms with E-state index in [1.54, 1.807) is 6.92 Å². The van der Waals surface area contributed by atoms with Gasteiger partial charge < -0.3 is 9.63 Å². The molecule has 0 spiro atoms. The summed E-state index contributed by atoms with van der Waals surface area (Å²) in [7, 11) is 0. The Morgan fingerprint density at radius 3 is 2.64 bits per heavy atom. The lowest BCUT2D eigenvalue weighted by Gasteiger charge is -1.98. The van der Waals surface area contributed by atoms with Crippen LogP contribution in [0.4, 0.5) is 0 Å². The smallest absolute Gasteiger partial charge is 0.141 e. The van der Waals surface area contributed by atoms with Gasteiger partial charge in [0, 0.05) is 5.56 Å². The normalized spacial score (nSPS) is 10.1. The summed E-state index contributed by atoms with van der Waals surface area (Å²) in [4.78, 5) is 0. The molecule has 60 valence electrons. The average molecular weight is 153 g/mol. The molecule has 1 N–H and O–H groups in total. The molecule has 0 radical (unpaired) electrons. The molecule has 0 aliphatic heterocycles. The van der Waals surface area contributed by atoms with Crippen LogP contribution in [0, 0.1) is 13.8 Å². The van der Waals surface area contributed by atoms with E-state index in [0.29, 0.717) is 11.3 Å². The van der Waals surface area contributed by atoms with Crippen molar-refractivity contribution in [2.45, 2.75) is 13.8 Å². The molecule has 0 aliphatic rings. The standard InChI is InChI=1S/C8H11NO2/c1-5(4-10)8-6(2)9-11-7(8)3/h10H,1,4H2,2-3H3. The Kier molecular flexibility index (Phi) is 2.10. The van der Waals surface area contributed by atoms with Crippen LogP contribution in [0.15, 0.2) is 11.1 Å². The summed E-state index contributed by atoms with van der Waals surface area (Å²) >= 11 is 0. The molecule has 1 rings (SSSR count). The Labute approximate surface area is 65.3 Å². The van der Waals surface area contributed by atoms with Crippen molar-refractivity contribution in [3.63, 3.8) is 0 Å². The maximum Gasteiger partial charge on any atom is 0.141 e. The predicted octanol–water partition coefficient (Wildman–Crippen LogP) is 1.30. The van der Waals surface area contributed by atoms with Gasteiger partial charge in [0.15, 0.2) is 0 Å². The van der Waals surface area contributed by atoms with E-state index < -0.39 is 0 Å². The molecule has 0 aromatic carbocycles. The van der Waals surface area contributed by atoms with Gasteiger partial charge in [-0.2, -0.15) is 0 Å². The summed E-state index contributed by atoms with van der Waals surface area (Å²) in [6, 6.07) is 0. The zero-order chi connectivity index (χ0) is 8.43.